The second-order valence-corrected chi connectivity index (χ2v) is 7.02. The minimum Gasteiger partial charge on any atom is -0.493 e. The van der Waals surface area contributed by atoms with Crippen molar-refractivity contribution in [3.8, 4) is 11.5 Å². The van der Waals surface area contributed by atoms with Crippen LogP contribution in [-0.4, -0.2) is 38.5 Å². The molecule has 0 radical (unpaired) electrons. The first-order chi connectivity index (χ1) is 14.6. The van der Waals surface area contributed by atoms with Gasteiger partial charge >= 0.3 is 12.1 Å². The van der Waals surface area contributed by atoms with Gasteiger partial charge in [0, 0.05) is 18.2 Å². The van der Waals surface area contributed by atoms with Gasteiger partial charge in [-0.1, -0.05) is 24.3 Å². The standard InChI is InChI=1S/C22H27N3O5/c1-28-19-13-7-12-18(20(19)29-2)25-21(26)23-16-10-6-11-17(14-16)30-22(27)24-15-8-4-3-5-9-15/h3-5,7-9,12-13,16-17H,6,10-11,14H2,1-2H3,(H,24,27)(H2,23,25,26)/t16-,17+/m1/s1. The van der Waals surface area contributed by atoms with Crippen molar-refractivity contribution in [1.82, 2.24) is 5.32 Å². The lowest BCUT2D eigenvalue weighted by Gasteiger charge is -2.29. The molecule has 0 spiro atoms. The molecule has 2 aromatic rings. The van der Waals surface area contributed by atoms with Crippen LogP contribution >= 0.6 is 0 Å². The van der Waals surface area contributed by atoms with Gasteiger partial charge < -0.3 is 24.8 Å². The van der Waals surface area contributed by atoms with Gasteiger partial charge in [-0.15, -0.1) is 0 Å². The van der Waals surface area contributed by atoms with E-state index in [0.29, 0.717) is 29.3 Å². The summed E-state index contributed by atoms with van der Waals surface area (Å²) in [5, 5.41) is 8.46. The molecule has 3 N–H and O–H groups in total. The molecule has 0 aromatic heterocycles. The molecule has 1 aliphatic carbocycles. The third kappa shape index (κ3) is 5.79. The average molecular weight is 413 g/mol. The fourth-order valence-corrected chi connectivity index (χ4v) is 3.53. The van der Waals surface area contributed by atoms with Crippen molar-refractivity contribution in [2.75, 3.05) is 24.9 Å². The Morgan fingerprint density at radius 1 is 0.933 bits per heavy atom. The molecule has 30 heavy (non-hydrogen) atoms. The number of anilines is 2. The van der Waals surface area contributed by atoms with Gasteiger partial charge in [-0.25, -0.2) is 9.59 Å². The number of urea groups is 1. The molecule has 3 amide bonds. The van der Waals surface area contributed by atoms with Crippen LogP contribution in [0.5, 0.6) is 11.5 Å². The molecule has 0 saturated heterocycles. The van der Waals surface area contributed by atoms with Crippen molar-refractivity contribution in [2.24, 2.45) is 0 Å². The van der Waals surface area contributed by atoms with Crippen LogP contribution in [0, 0.1) is 0 Å². The van der Waals surface area contributed by atoms with E-state index in [2.05, 4.69) is 16.0 Å². The zero-order chi connectivity index (χ0) is 21.3. The highest BCUT2D eigenvalue weighted by molar-refractivity contribution is 5.91. The average Bonchev–Trinajstić information content (AvgIpc) is 2.74. The minimum absolute atomic E-state index is 0.0927. The summed E-state index contributed by atoms with van der Waals surface area (Å²) in [6, 6.07) is 14.0. The molecule has 160 valence electrons. The van der Waals surface area contributed by atoms with Crippen LogP contribution in [0.1, 0.15) is 25.7 Å². The molecule has 1 aliphatic rings. The topological polar surface area (TPSA) is 97.9 Å². The van der Waals surface area contributed by atoms with Gasteiger partial charge in [-0.3, -0.25) is 5.32 Å². The number of methoxy groups -OCH3 is 2. The second-order valence-electron chi connectivity index (χ2n) is 7.02. The molecule has 2 atom stereocenters. The Kier molecular flexibility index (Phi) is 7.37. The molecule has 8 nitrogen and oxygen atoms in total. The number of carbonyl (C=O) groups excluding carboxylic acids is 2. The van der Waals surface area contributed by atoms with Crippen molar-refractivity contribution in [2.45, 2.75) is 37.8 Å². The molecule has 2 aromatic carbocycles. The highest BCUT2D eigenvalue weighted by Gasteiger charge is 2.26. The van der Waals surface area contributed by atoms with Crippen molar-refractivity contribution in [3.05, 3.63) is 48.5 Å². The van der Waals surface area contributed by atoms with Crippen LogP contribution in [0.15, 0.2) is 48.5 Å². The quantitative estimate of drug-likeness (QED) is 0.653. The lowest BCUT2D eigenvalue weighted by Crippen LogP contribution is -2.43. The van der Waals surface area contributed by atoms with E-state index in [1.165, 1.54) is 14.2 Å². The van der Waals surface area contributed by atoms with Crippen LogP contribution in [0.2, 0.25) is 0 Å². The molecular formula is C22H27N3O5. The highest BCUT2D eigenvalue weighted by Crippen LogP contribution is 2.34. The van der Waals surface area contributed by atoms with Crippen LogP contribution in [-0.2, 0) is 4.74 Å². The van der Waals surface area contributed by atoms with E-state index in [0.717, 1.165) is 19.3 Å². The van der Waals surface area contributed by atoms with E-state index in [1.54, 1.807) is 30.3 Å². The number of hydrogen-bond donors (Lipinski definition) is 3. The van der Waals surface area contributed by atoms with Crippen molar-refractivity contribution < 1.29 is 23.8 Å². The monoisotopic (exact) mass is 413 g/mol. The van der Waals surface area contributed by atoms with E-state index in [9.17, 15) is 9.59 Å². The molecule has 1 saturated carbocycles. The molecular weight excluding hydrogens is 386 g/mol. The zero-order valence-corrected chi connectivity index (χ0v) is 17.1. The minimum atomic E-state index is -0.489. The van der Waals surface area contributed by atoms with Gasteiger partial charge in [0.15, 0.2) is 11.5 Å². The second kappa shape index (κ2) is 10.4. The summed E-state index contributed by atoms with van der Waals surface area (Å²) >= 11 is 0. The summed E-state index contributed by atoms with van der Waals surface area (Å²) in [5.41, 5.74) is 1.19. The number of nitrogens with one attached hydrogen (secondary N) is 3. The number of benzene rings is 2. The maximum Gasteiger partial charge on any atom is 0.411 e. The Morgan fingerprint density at radius 3 is 2.47 bits per heavy atom. The maximum atomic E-state index is 12.5. The van der Waals surface area contributed by atoms with Crippen molar-refractivity contribution >= 4 is 23.5 Å². The first kappa shape index (κ1) is 21.3. The Labute approximate surface area is 175 Å². The zero-order valence-electron chi connectivity index (χ0n) is 17.1. The summed E-state index contributed by atoms with van der Waals surface area (Å²) in [5.74, 6) is 0.989. The molecule has 0 heterocycles. The van der Waals surface area contributed by atoms with Crippen LogP contribution in [0.25, 0.3) is 0 Å². The summed E-state index contributed by atoms with van der Waals surface area (Å²) in [4.78, 5) is 24.6. The lowest BCUT2D eigenvalue weighted by molar-refractivity contribution is 0.0779. The maximum absolute atomic E-state index is 12.5. The van der Waals surface area contributed by atoms with E-state index in [1.807, 2.05) is 18.2 Å². The molecule has 8 heteroatoms. The van der Waals surface area contributed by atoms with Crippen molar-refractivity contribution in [1.29, 1.82) is 0 Å². The number of hydrogen-bond acceptors (Lipinski definition) is 5. The largest absolute Gasteiger partial charge is 0.493 e. The Bertz CT molecular complexity index is 859. The summed E-state index contributed by atoms with van der Waals surface area (Å²) in [6.45, 7) is 0. The third-order valence-electron chi connectivity index (χ3n) is 4.91. The number of amides is 3. The Balaban J connectivity index is 1.51. The normalized spacial score (nSPS) is 18.1. The van der Waals surface area contributed by atoms with E-state index in [-0.39, 0.29) is 18.2 Å². The van der Waals surface area contributed by atoms with Gasteiger partial charge in [0.1, 0.15) is 6.10 Å². The molecule has 0 aliphatic heterocycles. The highest BCUT2D eigenvalue weighted by atomic mass is 16.6. The van der Waals surface area contributed by atoms with Crippen LogP contribution < -0.4 is 25.4 Å². The van der Waals surface area contributed by atoms with Gasteiger partial charge in [-0.2, -0.15) is 0 Å². The van der Waals surface area contributed by atoms with Crippen LogP contribution in [0.3, 0.4) is 0 Å². The predicted octanol–water partition coefficient (Wildman–Crippen LogP) is 4.39. The fraction of sp³-hybridized carbons (Fsp3) is 0.364. The van der Waals surface area contributed by atoms with E-state index in [4.69, 9.17) is 14.2 Å². The Morgan fingerprint density at radius 2 is 1.73 bits per heavy atom. The number of rotatable bonds is 6. The van der Waals surface area contributed by atoms with Gasteiger partial charge in [-0.05, 0) is 43.5 Å². The van der Waals surface area contributed by atoms with E-state index < -0.39 is 6.09 Å². The summed E-state index contributed by atoms with van der Waals surface area (Å²) in [6.07, 6.45) is 2.27. The van der Waals surface area contributed by atoms with Crippen LogP contribution in [0.4, 0.5) is 21.0 Å². The fourth-order valence-electron chi connectivity index (χ4n) is 3.53. The predicted molar refractivity (Wildman–Crippen MR) is 114 cm³/mol. The van der Waals surface area contributed by atoms with Gasteiger partial charge in [0.2, 0.25) is 0 Å². The molecule has 0 bridgehead atoms. The first-order valence-electron chi connectivity index (χ1n) is 9.90. The number of ether oxygens (including phenoxy) is 3. The number of carbonyl (C=O) groups is 2. The van der Waals surface area contributed by atoms with Gasteiger partial charge in [0.05, 0.1) is 19.9 Å². The summed E-state index contributed by atoms with van der Waals surface area (Å²) < 4.78 is 16.1. The van der Waals surface area contributed by atoms with Crippen molar-refractivity contribution in [3.63, 3.8) is 0 Å². The summed E-state index contributed by atoms with van der Waals surface area (Å²) in [7, 11) is 3.06. The molecule has 1 fully saturated rings. The van der Waals surface area contributed by atoms with E-state index >= 15 is 0 Å². The first-order valence-corrected chi connectivity index (χ1v) is 9.90. The number of para-hydroxylation sites is 2. The van der Waals surface area contributed by atoms with Gasteiger partial charge in [0.25, 0.3) is 0 Å². The molecule has 3 rings (SSSR count). The smallest absolute Gasteiger partial charge is 0.411 e. The third-order valence-corrected chi connectivity index (χ3v) is 4.91. The molecule has 0 unspecified atom stereocenters. The SMILES string of the molecule is COc1cccc(NC(=O)N[C@@H]2CCC[C@H](OC(=O)Nc3ccccc3)C2)c1OC. The Hall–Kier alpha value is -3.42. The lowest BCUT2D eigenvalue weighted by atomic mass is 9.93.